The zero-order valence-corrected chi connectivity index (χ0v) is 11.9. The Morgan fingerprint density at radius 2 is 1.32 bits per heavy atom. The Bertz CT molecular complexity index is 295. The number of hydrogen-bond donors (Lipinski definition) is 0. The highest BCUT2D eigenvalue weighted by atomic mass is 16.8. The van der Waals surface area contributed by atoms with Gasteiger partial charge in [0.15, 0.2) is 18.0 Å². The first-order valence-electron chi connectivity index (χ1n) is 6.54. The molecule has 6 heteroatoms. The lowest BCUT2D eigenvalue weighted by molar-refractivity contribution is -0.195. The van der Waals surface area contributed by atoms with E-state index >= 15 is 0 Å². The first-order chi connectivity index (χ1) is 9.03. The summed E-state index contributed by atoms with van der Waals surface area (Å²) in [6.45, 7) is 3.98. The van der Waals surface area contributed by atoms with Gasteiger partial charge < -0.3 is 18.9 Å². The summed E-state index contributed by atoms with van der Waals surface area (Å²) >= 11 is 0. The molecule has 0 aromatic heterocycles. The predicted octanol–water partition coefficient (Wildman–Crippen LogP) is 1.41. The minimum Gasteiger partial charge on any atom is -0.467 e. The number of carbonyl (C=O) groups is 2. The van der Waals surface area contributed by atoms with Gasteiger partial charge in [-0.3, -0.25) is 0 Å². The molecule has 0 spiro atoms. The molecule has 0 radical (unpaired) electrons. The van der Waals surface area contributed by atoms with Crippen LogP contribution < -0.4 is 0 Å². The second kappa shape index (κ2) is 6.86. The van der Waals surface area contributed by atoms with Crippen LogP contribution in [0.1, 0.15) is 39.5 Å². The maximum atomic E-state index is 11.7. The molecule has 1 saturated heterocycles. The number of hydrogen-bond acceptors (Lipinski definition) is 6. The van der Waals surface area contributed by atoms with Crippen LogP contribution in [0.15, 0.2) is 0 Å². The summed E-state index contributed by atoms with van der Waals surface area (Å²) in [5.74, 6) is -2.14. The molecule has 0 saturated carbocycles. The maximum Gasteiger partial charge on any atom is 0.338 e. The number of carbonyl (C=O) groups excluding carboxylic acids is 2. The summed E-state index contributed by atoms with van der Waals surface area (Å²) in [5, 5.41) is 0. The van der Waals surface area contributed by atoms with Gasteiger partial charge in [0.2, 0.25) is 0 Å². The van der Waals surface area contributed by atoms with Crippen LogP contribution in [0, 0.1) is 0 Å². The highest BCUT2D eigenvalue weighted by Gasteiger charge is 2.53. The Morgan fingerprint density at radius 1 is 0.947 bits per heavy atom. The van der Waals surface area contributed by atoms with Crippen LogP contribution in [-0.4, -0.2) is 44.2 Å². The van der Waals surface area contributed by atoms with Crippen molar-refractivity contribution in [1.82, 2.24) is 0 Å². The van der Waals surface area contributed by atoms with Crippen LogP contribution in [0.3, 0.4) is 0 Å². The highest BCUT2D eigenvalue weighted by Crippen LogP contribution is 2.37. The average molecular weight is 274 g/mol. The summed E-state index contributed by atoms with van der Waals surface area (Å²) in [6.07, 6.45) is 0.749. The van der Waals surface area contributed by atoms with Gasteiger partial charge in [-0.15, -0.1) is 0 Å². The van der Waals surface area contributed by atoms with Gasteiger partial charge in [0, 0.05) is 12.8 Å². The van der Waals surface area contributed by atoms with E-state index in [4.69, 9.17) is 9.47 Å². The van der Waals surface area contributed by atoms with Gasteiger partial charge in [0.25, 0.3) is 0 Å². The summed E-state index contributed by atoms with van der Waals surface area (Å²) in [4.78, 5) is 23.4. The third-order valence-corrected chi connectivity index (χ3v) is 3.09. The molecule has 0 unspecified atom stereocenters. The van der Waals surface area contributed by atoms with E-state index in [0.717, 1.165) is 12.8 Å². The molecule has 1 aliphatic rings. The van der Waals surface area contributed by atoms with Gasteiger partial charge in [-0.1, -0.05) is 26.7 Å². The molecule has 0 N–H and O–H groups in total. The molecule has 1 rings (SSSR count). The zero-order chi connectivity index (χ0) is 14.5. The van der Waals surface area contributed by atoms with Crippen molar-refractivity contribution in [3.8, 4) is 0 Å². The number of methoxy groups -OCH3 is 2. The van der Waals surface area contributed by atoms with E-state index in [1.165, 1.54) is 14.2 Å². The van der Waals surface area contributed by atoms with E-state index in [0.29, 0.717) is 12.8 Å². The third kappa shape index (κ3) is 3.45. The van der Waals surface area contributed by atoms with E-state index in [2.05, 4.69) is 9.47 Å². The molecular weight excluding hydrogens is 252 g/mol. The molecule has 2 atom stereocenters. The van der Waals surface area contributed by atoms with Crippen molar-refractivity contribution in [3.63, 3.8) is 0 Å². The van der Waals surface area contributed by atoms with Gasteiger partial charge >= 0.3 is 11.9 Å². The van der Waals surface area contributed by atoms with Gasteiger partial charge in [-0.05, 0) is 0 Å². The molecule has 110 valence electrons. The normalized spacial score (nSPS) is 25.1. The molecule has 0 aromatic rings. The topological polar surface area (TPSA) is 71.1 Å². The largest absolute Gasteiger partial charge is 0.467 e. The van der Waals surface area contributed by atoms with E-state index in [9.17, 15) is 9.59 Å². The summed E-state index contributed by atoms with van der Waals surface area (Å²) < 4.78 is 20.8. The predicted molar refractivity (Wildman–Crippen MR) is 66.3 cm³/mol. The first kappa shape index (κ1) is 15.9. The lowest BCUT2D eigenvalue weighted by Gasteiger charge is -2.27. The molecule has 0 bridgehead atoms. The second-order valence-corrected chi connectivity index (χ2v) is 4.53. The van der Waals surface area contributed by atoms with E-state index in [1.54, 1.807) is 0 Å². The fourth-order valence-electron chi connectivity index (χ4n) is 2.31. The SMILES string of the molecule is CCCC1(CCC)O[C@@H](C(=O)OC)[C@H](C(=O)OC)O1. The smallest absolute Gasteiger partial charge is 0.338 e. The minimum atomic E-state index is -1.06. The van der Waals surface area contributed by atoms with Crippen LogP contribution in [0.5, 0.6) is 0 Å². The monoisotopic (exact) mass is 274 g/mol. The number of esters is 2. The van der Waals surface area contributed by atoms with Crippen molar-refractivity contribution in [2.75, 3.05) is 14.2 Å². The number of ether oxygens (including phenoxy) is 4. The Labute approximate surface area is 113 Å². The van der Waals surface area contributed by atoms with Gasteiger partial charge in [0.05, 0.1) is 14.2 Å². The lowest BCUT2D eigenvalue weighted by atomic mass is 10.1. The lowest BCUT2D eigenvalue weighted by Crippen LogP contribution is -2.38. The number of rotatable bonds is 6. The van der Waals surface area contributed by atoms with Crippen LogP contribution in [0.2, 0.25) is 0 Å². The van der Waals surface area contributed by atoms with E-state index in [1.807, 2.05) is 13.8 Å². The van der Waals surface area contributed by atoms with Gasteiger partial charge in [-0.2, -0.15) is 0 Å². The Morgan fingerprint density at radius 3 is 1.58 bits per heavy atom. The molecule has 0 amide bonds. The minimum absolute atomic E-state index is 0.613. The standard InChI is InChI=1S/C13H22O6/c1-5-7-13(8-6-2)18-9(11(14)16-3)10(19-13)12(15)17-4/h9-10H,5-8H2,1-4H3/t9-,10-/m1/s1. The van der Waals surface area contributed by atoms with Crippen LogP contribution in [-0.2, 0) is 28.5 Å². The molecule has 19 heavy (non-hydrogen) atoms. The van der Waals surface area contributed by atoms with Crippen molar-refractivity contribution in [2.24, 2.45) is 0 Å². The van der Waals surface area contributed by atoms with Crippen molar-refractivity contribution in [1.29, 1.82) is 0 Å². The fourth-order valence-corrected chi connectivity index (χ4v) is 2.31. The molecule has 1 heterocycles. The van der Waals surface area contributed by atoms with Crippen molar-refractivity contribution < 1.29 is 28.5 Å². The molecular formula is C13H22O6. The summed E-state index contributed by atoms with van der Waals surface area (Å²) in [6, 6.07) is 0. The summed E-state index contributed by atoms with van der Waals surface area (Å²) in [5.41, 5.74) is 0. The van der Waals surface area contributed by atoms with Crippen LogP contribution >= 0.6 is 0 Å². The Kier molecular flexibility index (Phi) is 5.75. The van der Waals surface area contributed by atoms with Gasteiger partial charge in [0.1, 0.15) is 0 Å². The van der Waals surface area contributed by atoms with E-state index in [-0.39, 0.29) is 0 Å². The Balaban J connectivity index is 2.96. The molecule has 6 nitrogen and oxygen atoms in total. The quantitative estimate of drug-likeness (QED) is 0.682. The first-order valence-corrected chi connectivity index (χ1v) is 6.54. The van der Waals surface area contributed by atoms with Crippen LogP contribution in [0.4, 0.5) is 0 Å². The van der Waals surface area contributed by atoms with Crippen molar-refractivity contribution in [3.05, 3.63) is 0 Å². The molecule has 1 fully saturated rings. The maximum absolute atomic E-state index is 11.7. The van der Waals surface area contributed by atoms with Gasteiger partial charge in [-0.25, -0.2) is 9.59 Å². The van der Waals surface area contributed by atoms with Crippen molar-refractivity contribution >= 4 is 11.9 Å². The van der Waals surface area contributed by atoms with Crippen LogP contribution in [0.25, 0.3) is 0 Å². The summed E-state index contributed by atoms with van der Waals surface area (Å²) in [7, 11) is 2.50. The fraction of sp³-hybridized carbons (Fsp3) is 0.846. The molecule has 1 aliphatic heterocycles. The third-order valence-electron chi connectivity index (χ3n) is 3.09. The zero-order valence-electron chi connectivity index (χ0n) is 11.9. The van der Waals surface area contributed by atoms with Crippen molar-refractivity contribution in [2.45, 2.75) is 57.5 Å². The van der Waals surface area contributed by atoms with E-state index < -0.39 is 29.9 Å². The highest BCUT2D eigenvalue weighted by molar-refractivity contribution is 5.86. The second-order valence-electron chi connectivity index (χ2n) is 4.53. The average Bonchev–Trinajstić information content (AvgIpc) is 2.77. The Hall–Kier alpha value is -1.14. The molecule has 0 aliphatic carbocycles. The molecule has 0 aromatic carbocycles.